The molecule has 1 aromatic carbocycles. The summed E-state index contributed by atoms with van der Waals surface area (Å²) in [7, 11) is 0. The number of carbonyl (C=O) groups is 2. The van der Waals surface area contributed by atoms with Gasteiger partial charge in [-0.25, -0.2) is 9.67 Å². The first kappa shape index (κ1) is 23.5. The first-order valence-corrected chi connectivity index (χ1v) is 11.3. The van der Waals surface area contributed by atoms with E-state index in [9.17, 15) is 9.59 Å². The molecule has 31 heavy (non-hydrogen) atoms. The van der Waals surface area contributed by atoms with Gasteiger partial charge in [-0.1, -0.05) is 36.2 Å². The molecule has 0 N–H and O–H groups in total. The molecule has 3 rings (SSSR count). The molecule has 168 valence electrons. The van der Waals surface area contributed by atoms with Crippen LogP contribution in [0.3, 0.4) is 0 Å². The Morgan fingerprint density at radius 1 is 1.03 bits per heavy atom. The van der Waals surface area contributed by atoms with Gasteiger partial charge in [-0.2, -0.15) is 0 Å². The van der Waals surface area contributed by atoms with Gasteiger partial charge in [0.15, 0.2) is 0 Å². The maximum atomic E-state index is 13.0. The predicted molar refractivity (Wildman–Crippen MR) is 121 cm³/mol. The molecular weight excluding hydrogens is 439 g/mol. The topological polar surface area (TPSA) is 74.6 Å². The van der Waals surface area contributed by atoms with Crippen LogP contribution in [-0.4, -0.2) is 87.1 Å². The Hall–Kier alpha value is -2.16. The number of amides is 2. The van der Waals surface area contributed by atoms with E-state index in [0.717, 1.165) is 0 Å². The van der Waals surface area contributed by atoms with Gasteiger partial charge in [-0.05, 0) is 26.0 Å². The molecule has 0 atom stereocenters. The zero-order valence-corrected chi connectivity index (χ0v) is 19.7. The highest BCUT2D eigenvalue weighted by Gasteiger charge is 2.28. The largest absolute Gasteiger partial charge is 0.342 e. The molecule has 2 aromatic rings. The average Bonchev–Trinajstić information content (AvgIpc) is 3.18. The molecule has 1 aromatic heterocycles. The number of carbonyl (C=O) groups excluding carboxylic acids is 2. The molecule has 10 heteroatoms. The highest BCUT2D eigenvalue weighted by atomic mass is 35.5. The fourth-order valence-electron chi connectivity index (χ4n) is 3.65. The average molecular weight is 467 g/mol. The Morgan fingerprint density at radius 2 is 1.65 bits per heavy atom. The SMILES string of the molecule is CCc1nc(C(=O)N2CCN(CC(=O)N(CC)CC)CC2)nn1-c1c(Cl)cccc1Cl. The summed E-state index contributed by atoms with van der Waals surface area (Å²) in [5.41, 5.74) is 0.522. The molecule has 1 aliphatic rings. The summed E-state index contributed by atoms with van der Waals surface area (Å²) in [5, 5.41) is 5.32. The van der Waals surface area contributed by atoms with E-state index in [1.807, 2.05) is 25.7 Å². The molecule has 0 saturated carbocycles. The minimum atomic E-state index is -0.230. The Labute approximate surface area is 192 Å². The number of aromatic nitrogens is 3. The number of halogens is 2. The first-order valence-electron chi connectivity index (χ1n) is 10.6. The van der Waals surface area contributed by atoms with E-state index in [0.29, 0.717) is 73.8 Å². The van der Waals surface area contributed by atoms with Crippen molar-refractivity contribution in [2.24, 2.45) is 0 Å². The first-order chi connectivity index (χ1) is 14.9. The van der Waals surface area contributed by atoms with Gasteiger partial charge in [-0.15, -0.1) is 5.10 Å². The number of hydrogen-bond donors (Lipinski definition) is 0. The third kappa shape index (κ3) is 5.19. The van der Waals surface area contributed by atoms with Gasteiger partial charge in [-0.3, -0.25) is 14.5 Å². The second-order valence-corrected chi connectivity index (χ2v) is 8.14. The number of nitrogens with zero attached hydrogens (tertiary/aromatic N) is 6. The van der Waals surface area contributed by atoms with Crippen LogP contribution in [0.2, 0.25) is 10.0 Å². The van der Waals surface area contributed by atoms with E-state index in [2.05, 4.69) is 15.0 Å². The summed E-state index contributed by atoms with van der Waals surface area (Å²) in [5.74, 6) is 0.628. The third-order valence-electron chi connectivity index (χ3n) is 5.47. The second-order valence-electron chi connectivity index (χ2n) is 7.32. The maximum Gasteiger partial charge on any atom is 0.293 e. The highest BCUT2D eigenvalue weighted by molar-refractivity contribution is 6.37. The normalized spacial score (nSPS) is 14.7. The van der Waals surface area contributed by atoms with Crippen molar-refractivity contribution in [1.29, 1.82) is 0 Å². The van der Waals surface area contributed by atoms with Crippen molar-refractivity contribution in [3.8, 4) is 5.69 Å². The molecule has 0 bridgehead atoms. The molecule has 0 aliphatic carbocycles. The van der Waals surface area contributed by atoms with Crippen molar-refractivity contribution >= 4 is 35.0 Å². The van der Waals surface area contributed by atoms with Crippen LogP contribution < -0.4 is 0 Å². The summed E-state index contributed by atoms with van der Waals surface area (Å²) >= 11 is 12.7. The van der Waals surface area contributed by atoms with E-state index in [-0.39, 0.29) is 17.6 Å². The summed E-state index contributed by atoms with van der Waals surface area (Å²) in [6.07, 6.45) is 0.572. The van der Waals surface area contributed by atoms with Crippen molar-refractivity contribution in [2.45, 2.75) is 27.2 Å². The number of piperazine rings is 1. The van der Waals surface area contributed by atoms with Gasteiger partial charge >= 0.3 is 0 Å². The lowest BCUT2D eigenvalue weighted by Gasteiger charge is -2.34. The smallest absolute Gasteiger partial charge is 0.293 e. The number of para-hydroxylation sites is 1. The summed E-state index contributed by atoms with van der Waals surface area (Å²) < 4.78 is 1.55. The Bertz CT molecular complexity index is 916. The van der Waals surface area contributed by atoms with Crippen molar-refractivity contribution in [2.75, 3.05) is 45.8 Å². The summed E-state index contributed by atoms with van der Waals surface area (Å²) in [4.78, 5) is 35.4. The van der Waals surface area contributed by atoms with Crippen LogP contribution in [-0.2, 0) is 11.2 Å². The van der Waals surface area contributed by atoms with Crippen LogP contribution in [0.1, 0.15) is 37.2 Å². The van der Waals surface area contributed by atoms with Crippen LogP contribution in [0.5, 0.6) is 0 Å². The van der Waals surface area contributed by atoms with Crippen LogP contribution in [0.25, 0.3) is 5.69 Å². The molecule has 2 heterocycles. The lowest BCUT2D eigenvalue weighted by Crippen LogP contribution is -2.51. The van der Waals surface area contributed by atoms with Crippen molar-refractivity contribution in [3.63, 3.8) is 0 Å². The zero-order valence-electron chi connectivity index (χ0n) is 18.1. The molecule has 1 saturated heterocycles. The van der Waals surface area contributed by atoms with Crippen LogP contribution >= 0.6 is 23.2 Å². The fraction of sp³-hybridized carbons (Fsp3) is 0.524. The second kappa shape index (κ2) is 10.4. The van der Waals surface area contributed by atoms with Gasteiger partial charge in [0.05, 0.1) is 16.6 Å². The van der Waals surface area contributed by atoms with E-state index in [4.69, 9.17) is 23.2 Å². The van der Waals surface area contributed by atoms with Crippen LogP contribution in [0.15, 0.2) is 18.2 Å². The third-order valence-corrected chi connectivity index (χ3v) is 6.08. The number of benzene rings is 1. The maximum absolute atomic E-state index is 13.0. The van der Waals surface area contributed by atoms with Gasteiger partial charge in [0.1, 0.15) is 11.5 Å². The molecule has 0 spiro atoms. The zero-order chi connectivity index (χ0) is 22.5. The minimum Gasteiger partial charge on any atom is -0.342 e. The minimum absolute atomic E-state index is 0.120. The predicted octanol–water partition coefficient (Wildman–Crippen LogP) is 2.76. The number of rotatable bonds is 7. The summed E-state index contributed by atoms with van der Waals surface area (Å²) in [6.45, 7) is 9.99. The van der Waals surface area contributed by atoms with Gasteiger partial charge in [0.2, 0.25) is 11.7 Å². The van der Waals surface area contributed by atoms with E-state index in [1.54, 1.807) is 27.8 Å². The van der Waals surface area contributed by atoms with E-state index < -0.39 is 0 Å². The summed E-state index contributed by atoms with van der Waals surface area (Å²) in [6, 6.07) is 5.21. The van der Waals surface area contributed by atoms with Crippen molar-refractivity contribution < 1.29 is 9.59 Å². The molecule has 0 radical (unpaired) electrons. The molecule has 8 nitrogen and oxygen atoms in total. The van der Waals surface area contributed by atoms with Crippen LogP contribution in [0.4, 0.5) is 0 Å². The monoisotopic (exact) mass is 466 g/mol. The number of hydrogen-bond acceptors (Lipinski definition) is 5. The van der Waals surface area contributed by atoms with E-state index in [1.165, 1.54) is 0 Å². The lowest BCUT2D eigenvalue weighted by atomic mass is 10.3. The Morgan fingerprint density at radius 3 is 2.19 bits per heavy atom. The molecule has 1 aliphatic heterocycles. The van der Waals surface area contributed by atoms with Crippen LogP contribution in [0, 0.1) is 0 Å². The Balaban J connectivity index is 1.69. The van der Waals surface area contributed by atoms with Crippen molar-refractivity contribution in [1.82, 2.24) is 29.5 Å². The quantitative estimate of drug-likeness (QED) is 0.626. The van der Waals surface area contributed by atoms with Crippen molar-refractivity contribution in [3.05, 3.63) is 39.9 Å². The molecule has 2 amide bonds. The Kier molecular flexibility index (Phi) is 7.91. The van der Waals surface area contributed by atoms with Gasteiger partial charge in [0.25, 0.3) is 5.91 Å². The lowest BCUT2D eigenvalue weighted by molar-refractivity contribution is -0.132. The molecular formula is C21H28Cl2N6O2. The van der Waals surface area contributed by atoms with E-state index >= 15 is 0 Å². The van der Waals surface area contributed by atoms with Gasteiger partial charge in [0, 0.05) is 45.7 Å². The number of aryl methyl sites for hydroxylation is 1. The van der Waals surface area contributed by atoms with Gasteiger partial charge < -0.3 is 9.80 Å². The fourth-order valence-corrected chi connectivity index (χ4v) is 4.21. The number of likely N-dealkylation sites (N-methyl/N-ethyl adjacent to an activating group) is 1. The highest BCUT2D eigenvalue weighted by Crippen LogP contribution is 2.29. The molecule has 0 unspecified atom stereocenters. The molecule has 1 fully saturated rings. The standard InChI is InChI=1S/C21H28Cl2N6O2/c1-4-17-24-20(25-29(17)19-15(22)8-7-9-16(19)23)21(31)28-12-10-26(11-13-28)14-18(30)27(5-2)6-3/h7-9H,4-6,10-14H2,1-3H3.